The molecule has 0 aliphatic carbocycles. The van der Waals surface area contributed by atoms with Gasteiger partial charge < -0.3 is 10.2 Å². The van der Waals surface area contributed by atoms with Crippen molar-refractivity contribution < 1.29 is 36.6 Å². The molecular formula is C56H66N2O8S2. The Morgan fingerprint density at radius 1 is 0.456 bits per heavy atom. The molecule has 0 saturated carbocycles. The highest BCUT2D eigenvalue weighted by Gasteiger charge is 2.28. The van der Waals surface area contributed by atoms with Gasteiger partial charge >= 0.3 is 11.9 Å². The molecular weight excluding hydrogens is 893 g/mol. The zero-order chi connectivity index (χ0) is 49.3. The van der Waals surface area contributed by atoms with E-state index in [1.54, 1.807) is 57.1 Å². The van der Waals surface area contributed by atoms with E-state index in [0.717, 1.165) is 71.9 Å². The number of anilines is 2. The van der Waals surface area contributed by atoms with Gasteiger partial charge in [0.1, 0.15) is 0 Å². The van der Waals surface area contributed by atoms with Crippen molar-refractivity contribution in [1.82, 2.24) is 0 Å². The molecule has 2 N–H and O–H groups in total. The number of carbonyl (C=O) groups is 2. The third-order valence-electron chi connectivity index (χ3n) is 11.9. The summed E-state index contributed by atoms with van der Waals surface area (Å²) in [6, 6.07) is 43.4. The first kappa shape index (κ1) is 52.7. The Balaban J connectivity index is 0.000000254. The molecule has 0 aromatic heterocycles. The minimum Gasteiger partial charge on any atom is -0.478 e. The van der Waals surface area contributed by atoms with Crippen molar-refractivity contribution in [3.8, 4) is 0 Å². The van der Waals surface area contributed by atoms with Crippen molar-refractivity contribution in [1.29, 1.82) is 0 Å². The lowest BCUT2D eigenvalue weighted by Crippen LogP contribution is -2.33. The van der Waals surface area contributed by atoms with Crippen LogP contribution in [0.4, 0.5) is 11.4 Å². The number of unbranched alkanes of at least 4 members (excludes halogenated alkanes) is 2. The molecule has 10 nitrogen and oxygen atoms in total. The average Bonchev–Trinajstić information content (AvgIpc) is 3.34. The number of para-hydroxylation sites is 2. The van der Waals surface area contributed by atoms with Crippen LogP contribution in [0.5, 0.6) is 0 Å². The minimum absolute atomic E-state index is 0.254. The summed E-state index contributed by atoms with van der Waals surface area (Å²) in [6.45, 7) is 11.2. The molecule has 0 amide bonds. The van der Waals surface area contributed by atoms with E-state index in [4.69, 9.17) is 10.2 Å². The van der Waals surface area contributed by atoms with E-state index in [-0.39, 0.29) is 11.1 Å². The van der Waals surface area contributed by atoms with Crippen LogP contribution in [0.3, 0.4) is 0 Å². The normalized spacial score (nSPS) is 11.4. The molecule has 0 aliphatic heterocycles. The van der Waals surface area contributed by atoms with E-state index < -0.39 is 32.0 Å². The molecule has 0 radical (unpaired) electrons. The second kappa shape index (κ2) is 25.2. The lowest BCUT2D eigenvalue weighted by Gasteiger charge is -2.27. The molecule has 6 aromatic carbocycles. The van der Waals surface area contributed by atoms with Gasteiger partial charge in [-0.25, -0.2) is 26.4 Å². The molecule has 0 aliphatic rings. The van der Waals surface area contributed by atoms with Crippen molar-refractivity contribution in [3.63, 3.8) is 0 Å². The highest BCUT2D eigenvalue weighted by atomic mass is 32.2. The van der Waals surface area contributed by atoms with E-state index in [0.29, 0.717) is 65.9 Å². The van der Waals surface area contributed by atoms with E-state index in [2.05, 4.69) is 34.6 Å². The fourth-order valence-electron chi connectivity index (χ4n) is 7.86. The number of rotatable bonds is 23. The van der Waals surface area contributed by atoms with Crippen LogP contribution in [0.1, 0.15) is 127 Å². The molecule has 0 fully saturated rings. The Hall–Kier alpha value is -6.24. The highest BCUT2D eigenvalue weighted by molar-refractivity contribution is 7.93. The number of carboxylic acid groups (broad SMARTS) is 2. The topological polar surface area (TPSA) is 149 Å². The smallest absolute Gasteiger partial charge is 0.335 e. The van der Waals surface area contributed by atoms with Crippen molar-refractivity contribution in [2.45, 2.75) is 115 Å². The highest BCUT2D eigenvalue weighted by Crippen LogP contribution is 2.31. The Kier molecular flexibility index (Phi) is 19.6. The van der Waals surface area contributed by atoms with Gasteiger partial charge in [0.25, 0.3) is 20.0 Å². The van der Waals surface area contributed by atoms with Gasteiger partial charge in [-0.2, -0.15) is 0 Å². The van der Waals surface area contributed by atoms with E-state index in [1.807, 2.05) is 97.1 Å². The number of hydrogen-bond donors (Lipinski definition) is 2. The van der Waals surface area contributed by atoms with E-state index in [1.165, 1.54) is 0 Å². The maximum absolute atomic E-state index is 13.7. The van der Waals surface area contributed by atoms with Gasteiger partial charge in [0.2, 0.25) is 0 Å². The standard InChI is InChI=1S/2C28H33NO4S/c1-4-5-20-29(34(32,33)26-18-16-23(17-19-26)21(2)3)27-9-7-6-8-24(27)13-10-22-11-14-25(15-12-22)28(30)31;1-3-5-21-29(34(32,33)26-19-14-22(8-4-2)15-20-26)27-10-7-6-9-24(27)16-11-23-12-17-25(18-13-23)28(30)31/h6-9,11-12,14-19,21H,4-5,10,13,20H2,1-3H3,(H,30,31);6-7,9-10,12-15,17-20H,3-5,8,11,16,21H2,1-2H3,(H,30,31). The number of aryl methyl sites for hydroxylation is 5. The second-order valence-corrected chi connectivity index (χ2v) is 21.0. The van der Waals surface area contributed by atoms with E-state index >= 15 is 0 Å². The van der Waals surface area contributed by atoms with Crippen molar-refractivity contribution >= 4 is 43.4 Å². The number of carboxylic acids is 2. The molecule has 12 heteroatoms. The van der Waals surface area contributed by atoms with Gasteiger partial charge in [-0.1, -0.05) is 139 Å². The summed E-state index contributed by atoms with van der Waals surface area (Å²) in [6.07, 6.45) is 7.90. The number of aromatic carboxylic acids is 2. The molecule has 6 aromatic rings. The summed E-state index contributed by atoms with van der Waals surface area (Å²) >= 11 is 0. The SMILES string of the molecule is CCCCN(c1ccccc1CCc1ccc(C(=O)O)cc1)S(=O)(=O)c1ccc(C(C)C)cc1.CCCCN(c1ccccc1CCc1ccc(C(=O)O)cc1)S(=O)(=O)c1ccc(CCC)cc1. The largest absolute Gasteiger partial charge is 0.478 e. The summed E-state index contributed by atoms with van der Waals surface area (Å²) in [5.41, 5.74) is 8.07. The van der Waals surface area contributed by atoms with Gasteiger partial charge in [0, 0.05) is 13.1 Å². The van der Waals surface area contributed by atoms with Gasteiger partial charge in [0.15, 0.2) is 0 Å². The van der Waals surface area contributed by atoms with Crippen LogP contribution >= 0.6 is 0 Å². The lowest BCUT2D eigenvalue weighted by molar-refractivity contribution is 0.0686. The molecule has 360 valence electrons. The Labute approximate surface area is 404 Å². The van der Waals surface area contributed by atoms with Crippen LogP contribution < -0.4 is 8.61 Å². The zero-order valence-electron chi connectivity index (χ0n) is 40.0. The first-order chi connectivity index (χ1) is 32.6. The van der Waals surface area contributed by atoms with Crippen molar-refractivity contribution in [2.24, 2.45) is 0 Å². The van der Waals surface area contributed by atoms with Crippen LogP contribution in [0, 0.1) is 0 Å². The lowest BCUT2D eigenvalue weighted by atomic mass is 10.0. The maximum atomic E-state index is 13.7. The zero-order valence-corrected chi connectivity index (χ0v) is 41.6. The number of benzene rings is 6. The van der Waals surface area contributed by atoms with E-state index in [9.17, 15) is 26.4 Å². The molecule has 0 spiro atoms. The predicted octanol–water partition coefficient (Wildman–Crippen LogP) is 12.4. The summed E-state index contributed by atoms with van der Waals surface area (Å²) in [4.78, 5) is 22.8. The third-order valence-corrected chi connectivity index (χ3v) is 15.6. The van der Waals surface area contributed by atoms with Crippen LogP contribution in [0.25, 0.3) is 0 Å². The van der Waals surface area contributed by atoms with Gasteiger partial charge in [-0.3, -0.25) is 8.61 Å². The summed E-state index contributed by atoms with van der Waals surface area (Å²) < 4.78 is 57.9. The fourth-order valence-corrected chi connectivity index (χ4v) is 10.9. The number of nitrogens with zero attached hydrogens (tertiary/aromatic N) is 2. The number of sulfonamides is 2. The van der Waals surface area contributed by atoms with Crippen LogP contribution in [0.2, 0.25) is 0 Å². The Morgan fingerprint density at radius 3 is 1.16 bits per heavy atom. The van der Waals surface area contributed by atoms with Crippen molar-refractivity contribution in [3.05, 3.63) is 190 Å². The summed E-state index contributed by atoms with van der Waals surface area (Å²) in [5, 5.41) is 18.2. The number of hydrogen-bond acceptors (Lipinski definition) is 6. The second-order valence-electron chi connectivity index (χ2n) is 17.2. The third kappa shape index (κ3) is 14.1. The molecule has 0 saturated heterocycles. The Morgan fingerprint density at radius 2 is 0.809 bits per heavy atom. The summed E-state index contributed by atoms with van der Waals surface area (Å²) in [5.74, 6) is -1.57. The fraction of sp³-hybridized carbons (Fsp3) is 0.321. The first-order valence-corrected chi connectivity index (χ1v) is 26.5. The van der Waals surface area contributed by atoms with Crippen molar-refractivity contribution in [2.75, 3.05) is 21.7 Å². The molecule has 6 rings (SSSR count). The van der Waals surface area contributed by atoms with Gasteiger partial charge in [0.05, 0.1) is 32.3 Å². The van der Waals surface area contributed by atoms with Crippen LogP contribution in [-0.4, -0.2) is 52.1 Å². The first-order valence-electron chi connectivity index (χ1n) is 23.6. The average molecular weight is 959 g/mol. The predicted molar refractivity (Wildman–Crippen MR) is 274 cm³/mol. The molecule has 0 unspecified atom stereocenters. The Bertz CT molecular complexity index is 2770. The van der Waals surface area contributed by atoms with Crippen LogP contribution in [0.15, 0.2) is 155 Å². The molecule has 0 atom stereocenters. The van der Waals surface area contributed by atoms with Gasteiger partial charge in [-0.15, -0.1) is 0 Å². The monoisotopic (exact) mass is 958 g/mol. The van der Waals surface area contributed by atoms with Crippen LogP contribution in [-0.2, 0) is 52.2 Å². The minimum atomic E-state index is -3.72. The maximum Gasteiger partial charge on any atom is 0.335 e. The molecule has 0 bridgehead atoms. The summed E-state index contributed by atoms with van der Waals surface area (Å²) in [7, 11) is -7.43. The molecule has 0 heterocycles. The molecule has 68 heavy (non-hydrogen) atoms. The van der Waals surface area contributed by atoms with Gasteiger partial charge in [-0.05, 0) is 145 Å². The quantitative estimate of drug-likeness (QED) is 0.0645.